The fourth-order valence-electron chi connectivity index (χ4n) is 2.59. The lowest BCUT2D eigenvalue weighted by atomic mass is 9.98. The maximum absolute atomic E-state index is 5.68. The van der Waals surface area contributed by atoms with Gasteiger partial charge in [-0.2, -0.15) is 0 Å². The predicted molar refractivity (Wildman–Crippen MR) is 78.0 cm³/mol. The second-order valence-electron chi connectivity index (χ2n) is 6.03. The summed E-state index contributed by atoms with van der Waals surface area (Å²) in [6.07, 6.45) is 3.80. The number of hydrogen-bond donors (Lipinski definition) is 1. The molecule has 1 rings (SSSR count). The summed E-state index contributed by atoms with van der Waals surface area (Å²) in [6.45, 7) is 14.2. The molecule has 0 radical (unpaired) electrons. The SMILES string of the molecule is CCCNC1CCN(CCOCC(C)C)C(C)C1. The summed E-state index contributed by atoms with van der Waals surface area (Å²) in [5.41, 5.74) is 0. The van der Waals surface area contributed by atoms with Crippen molar-refractivity contribution in [2.24, 2.45) is 5.92 Å². The van der Waals surface area contributed by atoms with Crippen LogP contribution in [0.25, 0.3) is 0 Å². The number of ether oxygens (including phenoxy) is 1. The van der Waals surface area contributed by atoms with Gasteiger partial charge in [-0.05, 0) is 45.2 Å². The van der Waals surface area contributed by atoms with Crippen LogP contribution < -0.4 is 5.32 Å². The number of likely N-dealkylation sites (tertiary alicyclic amines) is 1. The minimum Gasteiger partial charge on any atom is -0.380 e. The zero-order valence-corrected chi connectivity index (χ0v) is 12.7. The molecule has 2 unspecified atom stereocenters. The van der Waals surface area contributed by atoms with Gasteiger partial charge in [0, 0.05) is 25.2 Å². The molecule has 0 saturated carbocycles. The van der Waals surface area contributed by atoms with E-state index in [9.17, 15) is 0 Å². The van der Waals surface area contributed by atoms with Crippen LogP contribution in [0, 0.1) is 5.92 Å². The Morgan fingerprint density at radius 2 is 2.17 bits per heavy atom. The Labute approximate surface area is 113 Å². The van der Waals surface area contributed by atoms with Crippen LogP contribution in [0.3, 0.4) is 0 Å². The van der Waals surface area contributed by atoms with E-state index in [2.05, 4.69) is 37.9 Å². The lowest BCUT2D eigenvalue weighted by Gasteiger charge is -2.38. The van der Waals surface area contributed by atoms with E-state index in [1.165, 1.54) is 25.8 Å². The van der Waals surface area contributed by atoms with Gasteiger partial charge in [-0.1, -0.05) is 20.8 Å². The Bertz CT molecular complexity index is 209. The minimum absolute atomic E-state index is 0.645. The highest BCUT2D eigenvalue weighted by atomic mass is 16.5. The Morgan fingerprint density at radius 3 is 2.78 bits per heavy atom. The van der Waals surface area contributed by atoms with Crippen molar-refractivity contribution in [2.75, 3.05) is 32.8 Å². The molecule has 18 heavy (non-hydrogen) atoms. The summed E-state index contributed by atoms with van der Waals surface area (Å²) in [7, 11) is 0. The first-order valence-electron chi connectivity index (χ1n) is 7.68. The van der Waals surface area contributed by atoms with Gasteiger partial charge in [0.2, 0.25) is 0 Å². The first-order valence-corrected chi connectivity index (χ1v) is 7.68. The van der Waals surface area contributed by atoms with Crippen molar-refractivity contribution in [3.05, 3.63) is 0 Å². The third kappa shape index (κ3) is 6.17. The van der Waals surface area contributed by atoms with Gasteiger partial charge in [-0.25, -0.2) is 0 Å². The Morgan fingerprint density at radius 1 is 1.39 bits per heavy atom. The van der Waals surface area contributed by atoms with Crippen LogP contribution >= 0.6 is 0 Å². The molecular weight excluding hydrogens is 224 g/mol. The smallest absolute Gasteiger partial charge is 0.0593 e. The minimum atomic E-state index is 0.645. The molecule has 108 valence electrons. The summed E-state index contributed by atoms with van der Waals surface area (Å²) >= 11 is 0. The van der Waals surface area contributed by atoms with Gasteiger partial charge in [0.15, 0.2) is 0 Å². The molecule has 0 aromatic rings. The maximum Gasteiger partial charge on any atom is 0.0593 e. The fraction of sp³-hybridized carbons (Fsp3) is 1.00. The van der Waals surface area contributed by atoms with Crippen molar-refractivity contribution in [3.63, 3.8) is 0 Å². The molecule has 0 aromatic heterocycles. The number of piperidine rings is 1. The lowest BCUT2D eigenvalue weighted by Crippen LogP contribution is -2.48. The van der Waals surface area contributed by atoms with E-state index in [0.29, 0.717) is 12.0 Å². The summed E-state index contributed by atoms with van der Waals surface area (Å²) < 4.78 is 5.68. The Kier molecular flexibility index (Phi) is 7.87. The van der Waals surface area contributed by atoms with Crippen LogP contribution in [0.4, 0.5) is 0 Å². The highest BCUT2D eigenvalue weighted by molar-refractivity contribution is 4.82. The molecule has 0 aromatic carbocycles. The first kappa shape index (κ1) is 15.9. The fourth-order valence-corrected chi connectivity index (χ4v) is 2.59. The van der Waals surface area contributed by atoms with Gasteiger partial charge in [-0.3, -0.25) is 4.90 Å². The van der Waals surface area contributed by atoms with Crippen molar-refractivity contribution in [3.8, 4) is 0 Å². The molecule has 1 heterocycles. The van der Waals surface area contributed by atoms with Crippen LogP contribution in [0.1, 0.15) is 47.0 Å². The highest BCUT2D eigenvalue weighted by Gasteiger charge is 2.24. The van der Waals surface area contributed by atoms with Crippen molar-refractivity contribution < 1.29 is 4.74 Å². The average molecular weight is 256 g/mol. The van der Waals surface area contributed by atoms with E-state index in [1.807, 2.05) is 0 Å². The van der Waals surface area contributed by atoms with Crippen molar-refractivity contribution in [1.29, 1.82) is 0 Å². The second kappa shape index (κ2) is 8.89. The summed E-state index contributed by atoms with van der Waals surface area (Å²) in [6, 6.07) is 1.42. The van der Waals surface area contributed by atoms with E-state index < -0.39 is 0 Å². The monoisotopic (exact) mass is 256 g/mol. The molecule has 1 fully saturated rings. The largest absolute Gasteiger partial charge is 0.380 e. The Balaban J connectivity index is 2.13. The van der Waals surface area contributed by atoms with E-state index >= 15 is 0 Å². The van der Waals surface area contributed by atoms with E-state index in [4.69, 9.17) is 4.74 Å². The normalized spacial score (nSPS) is 25.8. The number of rotatable bonds is 8. The molecular formula is C15H32N2O. The molecule has 2 atom stereocenters. The molecule has 3 heteroatoms. The summed E-state index contributed by atoms with van der Waals surface area (Å²) in [4.78, 5) is 2.57. The standard InChI is InChI=1S/C15H32N2O/c1-5-7-16-15-6-8-17(14(4)11-15)9-10-18-12-13(2)3/h13-16H,5-12H2,1-4H3. The molecule has 1 saturated heterocycles. The molecule has 1 aliphatic heterocycles. The molecule has 0 spiro atoms. The van der Waals surface area contributed by atoms with Crippen LogP contribution in [-0.2, 0) is 4.74 Å². The van der Waals surface area contributed by atoms with Crippen molar-refractivity contribution >= 4 is 0 Å². The van der Waals surface area contributed by atoms with Crippen LogP contribution in [-0.4, -0.2) is 49.8 Å². The third-order valence-electron chi connectivity index (χ3n) is 3.67. The van der Waals surface area contributed by atoms with Crippen LogP contribution in [0.5, 0.6) is 0 Å². The van der Waals surface area contributed by atoms with E-state index in [0.717, 1.165) is 32.3 Å². The third-order valence-corrected chi connectivity index (χ3v) is 3.67. The molecule has 3 nitrogen and oxygen atoms in total. The van der Waals surface area contributed by atoms with Crippen LogP contribution in [0.15, 0.2) is 0 Å². The molecule has 1 N–H and O–H groups in total. The number of nitrogens with zero attached hydrogens (tertiary/aromatic N) is 1. The summed E-state index contributed by atoms with van der Waals surface area (Å²) in [5.74, 6) is 0.645. The van der Waals surface area contributed by atoms with Gasteiger partial charge in [-0.15, -0.1) is 0 Å². The van der Waals surface area contributed by atoms with Gasteiger partial charge in [0.1, 0.15) is 0 Å². The highest BCUT2D eigenvalue weighted by Crippen LogP contribution is 2.16. The zero-order valence-electron chi connectivity index (χ0n) is 12.7. The Hall–Kier alpha value is -0.120. The second-order valence-corrected chi connectivity index (χ2v) is 6.03. The van der Waals surface area contributed by atoms with Gasteiger partial charge >= 0.3 is 0 Å². The maximum atomic E-state index is 5.68. The zero-order chi connectivity index (χ0) is 13.4. The van der Waals surface area contributed by atoms with Gasteiger partial charge < -0.3 is 10.1 Å². The summed E-state index contributed by atoms with van der Waals surface area (Å²) in [5, 5.41) is 3.65. The predicted octanol–water partition coefficient (Wildman–Crippen LogP) is 2.51. The molecule has 0 bridgehead atoms. The first-order chi connectivity index (χ1) is 8.63. The number of hydrogen-bond acceptors (Lipinski definition) is 3. The lowest BCUT2D eigenvalue weighted by molar-refractivity contribution is 0.0581. The molecule has 1 aliphatic rings. The quantitative estimate of drug-likeness (QED) is 0.675. The molecule has 0 aliphatic carbocycles. The van der Waals surface area contributed by atoms with E-state index in [-0.39, 0.29) is 0 Å². The van der Waals surface area contributed by atoms with Crippen LogP contribution in [0.2, 0.25) is 0 Å². The molecule has 0 amide bonds. The van der Waals surface area contributed by atoms with Gasteiger partial charge in [0.05, 0.1) is 6.61 Å². The van der Waals surface area contributed by atoms with Gasteiger partial charge in [0.25, 0.3) is 0 Å². The van der Waals surface area contributed by atoms with Crippen molar-refractivity contribution in [1.82, 2.24) is 10.2 Å². The topological polar surface area (TPSA) is 24.5 Å². The number of nitrogens with one attached hydrogen (secondary N) is 1. The average Bonchev–Trinajstić information content (AvgIpc) is 2.33. The van der Waals surface area contributed by atoms with Crippen molar-refractivity contribution in [2.45, 2.75) is 59.0 Å². The van der Waals surface area contributed by atoms with E-state index in [1.54, 1.807) is 0 Å².